The number of Topliss-reactive ketones (excluding diaryl/α,β-unsaturated/α-hetero) is 1. The van der Waals surface area contributed by atoms with Crippen LogP contribution in [0.4, 0.5) is 0 Å². The number of carbonyl (C=O) groups excluding carboxylic acids is 1. The van der Waals surface area contributed by atoms with Gasteiger partial charge in [-0.1, -0.05) is 61.0 Å². The summed E-state index contributed by atoms with van der Waals surface area (Å²) in [6.07, 6.45) is 4.30. The molecule has 0 bridgehead atoms. The smallest absolute Gasteiger partial charge is 0.203 e. The van der Waals surface area contributed by atoms with Crippen LogP contribution in [-0.2, 0) is 11.3 Å². The van der Waals surface area contributed by atoms with Crippen molar-refractivity contribution in [1.82, 2.24) is 9.80 Å². The third-order valence-corrected chi connectivity index (χ3v) is 8.23. The Labute approximate surface area is 235 Å². The fourth-order valence-corrected chi connectivity index (χ4v) is 6.50. The first-order valence-electron chi connectivity index (χ1n) is 13.7. The molecule has 2 aliphatic rings. The van der Waals surface area contributed by atoms with Gasteiger partial charge >= 0.3 is 0 Å². The maximum atomic E-state index is 13.6. The van der Waals surface area contributed by atoms with Crippen molar-refractivity contribution in [3.63, 3.8) is 0 Å². The van der Waals surface area contributed by atoms with E-state index >= 15 is 0 Å². The van der Waals surface area contributed by atoms with Gasteiger partial charge in [0.15, 0.2) is 17.3 Å². The van der Waals surface area contributed by atoms with E-state index in [1.54, 1.807) is 21.3 Å². The minimum Gasteiger partial charge on any atom is -0.493 e. The van der Waals surface area contributed by atoms with Crippen LogP contribution >= 0.6 is 12.6 Å². The fraction of sp³-hybridized carbons (Fsp3) is 0.645. The highest BCUT2D eigenvalue weighted by Gasteiger charge is 2.43. The molecule has 2 unspecified atom stereocenters. The molecule has 7 heteroatoms. The zero-order valence-electron chi connectivity index (χ0n) is 25.1. The summed E-state index contributed by atoms with van der Waals surface area (Å²) in [5.41, 5.74) is 2.66. The van der Waals surface area contributed by atoms with Crippen molar-refractivity contribution in [3.8, 4) is 17.2 Å². The number of carbonyl (C=O) groups is 1. The number of hydrogen-bond acceptors (Lipinski definition) is 7. The highest BCUT2D eigenvalue weighted by Crippen LogP contribution is 2.46. The molecule has 1 aliphatic heterocycles. The minimum atomic E-state index is -0.237. The first-order valence-corrected chi connectivity index (χ1v) is 14.2. The molecular weight excluding hydrogens is 496 g/mol. The molecule has 1 aromatic rings. The summed E-state index contributed by atoms with van der Waals surface area (Å²) in [4.78, 5) is 19.5. The molecule has 0 N–H and O–H groups in total. The van der Waals surface area contributed by atoms with E-state index in [-0.39, 0.29) is 22.5 Å². The maximum Gasteiger partial charge on any atom is 0.203 e. The lowest BCUT2D eigenvalue weighted by atomic mass is 9.68. The van der Waals surface area contributed by atoms with E-state index in [0.717, 1.165) is 66.5 Å². The summed E-state index contributed by atoms with van der Waals surface area (Å²) in [5, 5.41) is 0. The predicted molar refractivity (Wildman–Crippen MR) is 158 cm³/mol. The second kappa shape index (κ2) is 12.0. The van der Waals surface area contributed by atoms with E-state index in [2.05, 4.69) is 70.4 Å². The molecule has 1 saturated heterocycles. The summed E-state index contributed by atoms with van der Waals surface area (Å²) in [6.45, 7) is 18.5. The van der Waals surface area contributed by atoms with Gasteiger partial charge in [-0.3, -0.25) is 9.69 Å². The van der Waals surface area contributed by atoms with Crippen molar-refractivity contribution in [2.24, 2.45) is 16.7 Å². The molecule has 1 aliphatic carbocycles. The molecule has 0 saturated carbocycles. The van der Waals surface area contributed by atoms with Gasteiger partial charge < -0.3 is 19.1 Å². The maximum absolute atomic E-state index is 13.6. The molecule has 0 radical (unpaired) electrons. The molecule has 1 heterocycles. The SMILES string of the molecule is CCCC1CN(C2=C(S)C(C(C)(C)C)C(=O)C(C(C)(C)C)=C2)CCN1Cc1ccc(OC)c(OC)c1OC. The Morgan fingerprint density at radius 2 is 1.63 bits per heavy atom. The van der Waals surface area contributed by atoms with E-state index in [4.69, 9.17) is 26.8 Å². The number of benzene rings is 1. The van der Waals surface area contributed by atoms with Gasteiger partial charge in [0, 0.05) is 54.0 Å². The van der Waals surface area contributed by atoms with Gasteiger partial charge in [0.1, 0.15) is 0 Å². The highest BCUT2D eigenvalue weighted by molar-refractivity contribution is 7.84. The number of piperazine rings is 1. The van der Waals surface area contributed by atoms with E-state index < -0.39 is 0 Å². The van der Waals surface area contributed by atoms with Crippen molar-refractivity contribution in [3.05, 3.63) is 39.9 Å². The van der Waals surface area contributed by atoms with Gasteiger partial charge in [-0.15, -0.1) is 12.6 Å². The average molecular weight is 545 g/mol. The molecule has 212 valence electrons. The van der Waals surface area contributed by atoms with E-state index in [9.17, 15) is 4.79 Å². The van der Waals surface area contributed by atoms with Crippen LogP contribution in [0.3, 0.4) is 0 Å². The number of allylic oxidation sites excluding steroid dienone is 3. The van der Waals surface area contributed by atoms with Crippen LogP contribution in [0.2, 0.25) is 0 Å². The Morgan fingerprint density at radius 1 is 0.974 bits per heavy atom. The zero-order valence-corrected chi connectivity index (χ0v) is 26.0. The van der Waals surface area contributed by atoms with Crippen LogP contribution < -0.4 is 14.2 Å². The third kappa shape index (κ3) is 6.20. The molecule has 0 spiro atoms. The molecule has 38 heavy (non-hydrogen) atoms. The Balaban J connectivity index is 1.95. The molecule has 2 atom stereocenters. The normalized spacial score (nSPS) is 21.5. The number of thiol groups is 1. The second-order valence-electron chi connectivity index (χ2n) is 12.6. The van der Waals surface area contributed by atoms with Crippen LogP contribution in [0.5, 0.6) is 17.2 Å². The van der Waals surface area contributed by atoms with E-state index in [1.807, 2.05) is 6.07 Å². The number of nitrogens with zero attached hydrogens (tertiary/aromatic N) is 2. The number of hydrogen-bond donors (Lipinski definition) is 1. The largest absolute Gasteiger partial charge is 0.493 e. The molecule has 3 rings (SSSR count). The average Bonchev–Trinajstić information content (AvgIpc) is 2.83. The molecule has 0 aromatic heterocycles. The van der Waals surface area contributed by atoms with Gasteiger partial charge in [0.05, 0.1) is 27.2 Å². The number of rotatable bonds is 8. The predicted octanol–water partition coefficient (Wildman–Crippen LogP) is 6.36. The summed E-state index contributed by atoms with van der Waals surface area (Å²) in [6, 6.07) is 4.38. The van der Waals surface area contributed by atoms with Gasteiger partial charge in [-0.2, -0.15) is 0 Å². The van der Waals surface area contributed by atoms with E-state index in [0.29, 0.717) is 17.5 Å². The van der Waals surface area contributed by atoms with Gasteiger partial charge in [0.25, 0.3) is 0 Å². The van der Waals surface area contributed by atoms with Gasteiger partial charge in [-0.25, -0.2) is 0 Å². The Bertz CT molecular complexity index is 1080. The first kappa shape index (κ1) is 30.4. The minimum absolute atomic E-state index is 0.210. The number of methoxy groups -OCH3 is 3. The van der Waals surface area contributed by atoms with Crippen LogP contribution in [0, 0.1) is 16.7 Å². The van der Waals surface area contributed by atoms with Crippen LogP contribution in [0.25, 0.3) is 0 Å². The lowest BCUT2D eigenvalue weighted by molar-refractivity contribution is -0.121. The van der Waals surface area contributed by atoms with Crippen LogP contribution in [-0.4, -0.2) is 62.6 Å². The zero-order chi connectivity index (χ0) is 28.4. The number of ether oxygens (including phenoxy) is 3. The summed E-state index contributed by atoms with van der Waals surface area (Å²) < 4.78 is 16.9. The standard InChI is InChI=1S/C31H48N2O4S/c1-11-12-21-19-33(23-17-22(30(2,3)4)26(34)25(29(23)38)31(5,6)7)16-15-32(21)18-20-13-14-24(35-8)28(37-10)27(20)36-9/h13-14,17,21,25,38H,11-12,15-16,18-19H2,1-10H3. The van der Waals surface area contributed by atoms with Crippen molar-refractivity contribution in [2.75, 3.05) is 41.0 Å². The van der Waals surface area contributed by atoms with Gasteiger partial charge in [-0.05, 0) is 29.4 Å². The molecule has 0 amide bonds. The molecule has 1 fully saturated rings. The van der Waals surface area contributed by atoms with Crippen molar-refractivity contribution >= 4 is 18.4 Å². The van der Waals surface area contributed by atoms with Crippen molar-refractivity contribution < 1.29 is 19.0 Å². The number of ketones is 1. The van der Waals surface area contributed by atoms with E-state index in [1.165, 1.54) is 0 Å². The Morgan fingerprint density at radius 3 is 2.16 bits per heavy atom. The Hall–Kier alpha value is -2.12. The van der Waals surface area contributed by atoms with Crippen molar-refractivity contribution in [2.45, 2.75) is 73.9 Å². The van der Waals surface area contributed by atoms with Crippen molar-refractivity contribution in [1.29, 1.82) is 0 Å². The monoisotopic (exact) mass is 544 g/mol. The Kier molecular flexibility index (Phi) is 9.57. The highest BCUT2D eigenvalue weighted by atomic mass is 32.1. The lowest BCUT2D eigenvalue weighted by Gasteiger charge is -2.46. The first-order chi connectivity index (χ1) is 17.8. The van der Waals surface area contributed by atoms with Crippen LogP contribution in [0.1, 0.15) is 66.9 Å². The molecule has 1 aromatic carbocycles. The van der Waals surface area contributed by atoms with Gasteiger partial charge in [0.2, 0.25) is 5.75 Å². The summed E-state index contributed by atoms with van der Waals surface area (Å²) in [7, 11) is 4.96. The lowest BCUT2D eigenvalue weighted by Crippen LogP contribution is -2.52. The molecular formula is C31H48N2O4S. The second-order valence-corrected chi connectivity index (χ2v) is 13.1. The van der Waals surface area contributed by atoms with Crippen LogP contribution in [0.15, 0.2) is 34.4 Å². The quantitative estimate of drug-likeness (QED) is 0.385. The summed E-state index contributed by atoms with van der Waals surface area (Å²) >= 11 is 5.02. The fourth-order valence-electron chi connectivity index (χ4n) is 5.79. The third-order valence-electron chi connectivity index (χ3n) is 7.75. The topological polar surface area (TPSA) is 51.2 Å². The summed E-state index contributed by atoms with van der Waals surface area (Å²) in [5.74, 6) is 1.99. The molecule has 6 nitrogen and oxygen atoms in total.